The molecular formula is C23H32FIN4O. The Morgan fingerprint density at radius 2 is 2.07 bits per heavy atom. The summed E-state index contributed by atoms with van der Waals surface area (Å²) in [5.74, 6) is 2.07. The Hall–Kier alpha value is -2.03. The normalized spacial score (nSPS) is 16.2. The van der Waals surface area contributed by atoms with Crippen LogP contribution in [0, 0.1) is 18.7 Å². The van der Waals surface area contributed by atoms with Gasteiger partial charge in [-0.3, -0.25) is 0 Å². The second kappa shape index (κ2) is 12.0. The SMILES string of the molecule is CCNC(=NCc1ccc(F)c(C)c1)NCC1CCN(c2cccc(OC)c2)C1.I. The number of hydrogen-bond acceptors (Lipinski definition) is 3. The lowest BCUT2D eigenvalue weighted by Gasteiger charge is -2.20. The standard InChI is InChI=1S/C23H31FN4O.HI/c1-4-25-23(26-14-18-8-9-22(24)17(2)12-18)27-15-19-10-11-28(16-19)20-6-5-7-21(13-20)29-3;/h5-9,12-13,19H,4,10-11,14-16H2,1-3H3,(H2,25,26,27);1H. The van der Waals surface area contributed by atoms with Crippen LogP contribution < -0.4 is 20.3 Å². The van der Waals surface area contributed by atoms with Crippen LogP contribution in [0.1, 0.15) is 24.5 Å². The number of aryl methyl sites for hydroxylation is 1. The first kappa shape index (κ1) is 24.2. The highest BCUT2D eigenvalue weighted by molar-refractivity contribution is 14.0. The highest BCUT2D eigenvalue weighted by Crippen LogP contribution is 2.26. The van der Waals surface area contributed by atoms with Crippen molar-refractivity contribution in [1.82, 2.24) is 10.6 Å². The third kappa shape index (κ3) is 6.75. The fraction of sp³-hybridized carbons (Fsp3) is 0.435. The van der Waals surface area contributed by atoms with Crippen LogP contribution in [0.2, 0.25) is 0 Å². The van der Waals surface area contributed by atoms with Crippen molar-refractivity contribution in [2.24, 2.45) is 10.9 Å². The molecule has 1 aliphatic heterocycles. The van der Waals surface area contributed by atoms with Gasteiger partial charge in [-0.15, -0.1) is 24.0 Å². The van der Waals surface area contributed by atoms with E-state index in [-0.39, 0.29) is 29.8 Å². The van der Waals surface area contributed by atoms with Crippen molar-refractivity contribution in [2.45, 2.75) is 26.8 Å². The van der Waals surface area contributed by atoms with Gasteiger partial charge in [0.2, 0.25) is 0 Å². The number of anilines is 1. The number of nitrogens with one attached hydrogen (secondary N) is 2. The molecule has 0 amide bonds. The number of rotatable bonds is 7. The smallest absolute Gasteiger partial charge is 0.191 e. The van der Waals surface area contributed by atoms with Crippen LogP contribution in [-0.4, -0.2) is 39.2 Å². The summed E-state index contributed by atoms with van der Waals surface area (Å²) in [6.07, 6.45) is 1.14. The van der Waals surface area contributed by atoms with Crippen LogP contribution in [0.3, 0.4) is 0 Å². The number of guanidine groups is 1. The zero-order chi connectivity index (χ0) is 20.6. The first-order valence-corrected chi connectivity index (χ1v) is 10.2. The maximum Gasteiger partial charge on any atom is 0.191 e. The summed E-state index contributed by atoms with van der Waals surface area (Å²) in [5, 5.41) is 6.76. The summed E-state index contributed by atoms with van der Waals surface area (Å²) in [7, 11) is 1.70. The van der Waals surface area contributed by atoms with Crippen molar-refractivity contribution >= 4 is 35.6 Å². The molecule has 1 saturated heterocycles. The van der Waals surface area contributed by atoms with E-state index in [4.69, 9.17) is 4.74 Å². The van der Waals surface area contributed by atoms with Crippen LogP contribution in [0.4, 0.5) is 10.1 Å². The predicted molar refractivity (Wildman–Crippen MR) is 133 cm³/mol. The van der Waals surface area contributed by atoms with Crippen molar-refractivity contribution in [2.75, 3.05) is 38.2 Å². The zero-order valence-electron chi connectivity index (χ0n) is 18.0. The molecule has 3 rings (SSSR count). The Morgan fingerprint density at radius 1 is 1.23 bits per heavy atom. The van der Waals surface area contributed by atoms with Crippen LogP contribution in [0.15, 0.2) is 47.5 Å². The summed E-state index contributed by atoms with van der Waals surface area (Å²) in [5.41, 5.74) is 2.87. The van der Waals surface area contributed by atoms with E-state index in [1.165, 1.54) is 11.8 Å². The molecule has 1 aliphatic rings. The largest absolute Gasteiger partial charge is 0.497 e. The van der Waals surface area contributed by atoms with Gasteiger partial charge in [-0.05, 0) is 55.5 Å². The number of aliphatic imine (C=N–C) groups is 1. The van der Waals surface area contributed by atoms with Gasteiger partial charge in [-0.2, -0.15) is 0 Å². The third-order valence-corrected chi connectivity index (χ3v) is 5.25. The van der Waals surface area contributed by atoms with E-state index in [1.54, 1.807) is 20.1 Å². The molecule has 1 atom stereocenters. The van der Waals surface area contributed by atoms with Crippen molar-refractivity contribution in [1.29, 1.82) is 0 Å². The summed E-state index contributed by atoms with van der Waals surface area (Å²) >= 11 is 0. The molecule has 164 valence electrons. The van der Waals surface area contributed by atoms with Gasteiger partial charge in [0.25, 0.3) is 0 Å². The minimum absolute atomic E-state index is 0. The molecule has 5 nitrogen and oxygen atoms in total. The number of methoxy groups -OCH3 is 1. The van der Waals surface area contributed by atoms with E-state index >= 15 is 0 Å². The quantitative estimate of drug-likeness (QED) is 0.320. The highest BCUT2D eigenvalue weighted by atomic mass is 127. The minimum atomic E-state index is -0.176. The third-order valence-electron chi connectivity index (χ3n) is 5.25. The average Bonchev–Trinajstić information content (AvgIpc) is 3.21. The van der Waals surface area contributed by atoms with E-state index in [0.717, 1.165) is 49.9 Å². The van der Waals surface area contributed by atoms with Gasteiger partial charge in [0.1, 0.15) is 11.6 Å². The van der Waals surface area contributed by atoms with Gasteiger partial charge in [0, 0.05) is 37.9 Å². The first-order valence-electron chi connectivity index (χ1n) is 10.2. The van der Waals surface area contributed by atoms with Crippen molar-refractivity contribution in [3.63, 3.8) is 0 Å². The minimum Gasteiger partial charge on any atom is -0.497 e. The molecule has 0 spiro atoms. The molecule has 2 aromatic rings. The summed E-state index contributed by atoms with van der Waals surface area (Å²) in [6.45, 7) is 8.08. The molecule has 2 N–H and O–H groups in total. The molecule has 0 saturated carbocycles. The topological polar surface area (TPSA) is 48.9 Å². The summed E-state index contributed by atoms with van der Waals surface area (Å²) < 4.78 is 18.8. The number of benzene rings is 2. The molecular weight excluding hydrogens is 494 g/mol. The zero-order valence-corrected chi connectivity index (χ0v) is 20.3. The monoisotopic (exact) mass is 526 g/mol. The van der Waals surface area contributed by atoms with E-state index in [2.05, 4.69) is 39.6 Å². The summed E-state index contributed by atoms with van der Waals surface area (Å²) in [4.78, 5) is 7.06. The molecule has 1 fully saturated rings. The Labute approximate surface area is 196 Å². The highest BCUT2D eigenvalue weighted by Gasteiger charge is 2.23. The molecule has 0 aromatic heterocycles. The van der Waals surface area contributed by atoms with E-state index in [0.29, 0.717) is 18.0 Å². The molecule has 30 heavy (non-hydrogen) atoms. The predicted octanol–water partition coefficient (Wildman–Crippen LogP) is 4.34. The van der Waals surface area contributed by atoms with Crippen molar-refractivity contribution in [3.8, 4) is 5.75 Å². The van der Waals surface area contributed by atoms with Crippen molar-refractivity contribution in [3.05, 3.63) is 59.4 Å². The molecule has 1 heterocycles. The van der Waals surface area contributed by atoms with Crippen molar-refractivity contribution < 1.29 is 9.13 Å². The first-order chi connectivity index (χ1) is 14.1. The molecule has 0 bridgehead atoms. The van der Waals surface area contributed by atoms with Gasteiger partial charge in [0.15, 0.2) is 5.96 Å². The fourth-order valence-electron chi connectivity index (χ4n) is 3.60. The van der Waals surface area contributed by atoms with E-state index < -0.39 is 0 Å². The number of ether oxygens (including phenoxy) is 1. The molecule has 0 radical (unpaired) electrons. The van der Waals surface area contributed by atoms with E-state index in [1.807, 2.05) is 18.2 Å². The van der Waals surface area contributed by atoms with Gasteiger partial charge in [0.05, 0.1) is 13.7 Å². The Balaban J connectivity index is 0.00000320. The lowest BCUT2D eigenvalue weighted by molar-refractivity contribution is 0.415. The second-order valence-electron chi connectivity index (χ2n) is 7.46. The molecule has 1 unspecified atom stereocenters. The lowest BCUT2D eigenvalue weighted by atomic mass is 10.1. The Bertz CT molecular complexity index is 846. The molecule has 7 heteroatoms. The maximum absolute atomic E-state index is 13.4. The fourth-order valence-corrected chi connectivity index (χ4v) is 3.60. The Kier molecular flexibility index (Phi) is 9.68. The lowest BCUT2D eigenvalue weighted by Crippen LogP contribution is -2.40. The van der Waals surface area contributed by atoms with Gasteiger partial charge >= 0.3 is 0 Å². The van der Waals surface area contributed by atoms with Gasteiger partial charge < -0.3 is 20.3 Å². The maximum atomic E-state index is 13.4. The second-order valence-corrected chi connectivity index (χ2v) is 7.46. The van der Waals surface area contributed by atoms with Crippen LogP contribution >= 0.6 is 24.0 Å². The number of halogens is 2. The number of nitrogens with zero attached hydrogens (tertiary/aromatic N) is 2. The van der Waals surface area contributed by atoms with Crippen LogP contribution in [0.5, 0.6) is 5.75 Å². The molecule has 0 aliphatic carbocycles. The summed E-state index contributed by atoms with van der Waals surface area (Å²) in [6, 6.07) is 13.4. The van der Waals surface area contributed by atoms with E-state index in [9.17, 15) is 4.39 Å². The Morgan fingerprint density at radius 3 is 2.80 bits per heavy atom. The van der Waals surface area contributed by atoms with Gasteiger partial charge in [-0.1, -0.05) is 18.2 Å². The van der Waals surface area contributed by atoms with Gasteiger partial charge in [-0.25, -0.2) is 9.38 Å². The average molecular weight is 526 g/mol. The molecule has 2 aromatic carbocycles. The van der Waals surface area contributed by atoms with Crippen LogP contribution in [-0.2, 0) is 6.54 Å². The van der Waals surface area contributed by atoms with Crippen LogP contribution in [0.25, 0.3) is 0 Å². The number of hydrogen-bond donors (Lipinski definition) is 2.